The lowest BCUT2D eigenvalue weighted by molar-refractivity contribution is 0.100. The minimum Gasteiger partial charge on any atom is -0.494 e. The molecule has 0 radical (unpaired) electrons. The summed E-state index contributed by atoms with van der Waals surface area (Å²) in [6.45, 7) is 2.36. The van der Waals surface area contributed by atoms with Crippen molar-refractivity contribution in [1.82, 2.24) is 0 Å². The van der Waals surface area contributed by atoms with Gasteiger partial charge >= 0.3 is 0 Å². The van der Waals surface area contributed by atoms with E-state index in [-0.39, 0.29) is 4.90 Å². The van der Waals surface area contributed by atoms with Crippen molar-refractivity contribution in [1.29, 1.82) is 0 Å². The van der Waals surface area contributed by atoms with Crippen molar-refractivity contribution in [2.75, 3.05) is 11.3 Å². The van der Waals surface area contributed by atoms with Crippen LogP contribution in [-0.4, -0.2) is 20.9 Å². The molecule has 2 aromatic rings. The Balaban J connectivity index is 2.18. The third kappa shape index (κ3) is 3.76. The Hall–Kier alpha value is -2.54. The molecule has 0 heterocycles. The monoisotopic (exact) mass is 320 g/mol. The van der Waals surface area contributed by atoms with Gasteiger partial charge in [0.2, 0.25) is 5.91 Å². The molecule has 0 aromatic heterocycles. The van der Waals surface area contributed by atoms with E-state index >= 15 is 0 Å². The summed E-state index contributed by atoms with van der Waals surface area (Å²) in [6, 6.07) is 12.0. The highest BCUT2D eigenvalue weighted by Gasteiger charge is 2.14. The maximum Gasteiger partial charge on any atom is 0.261 e. The third-order valence-electron chi connectivity index (χ3n) is 2.87. The first kappa shape index (κ1) is 15.8. The summed E-state index contributed by atoms with van der Waals surface area (Å²) >= 11 is 0. The van der Waals surface area contributed by atoms with Crippen molar-refractivity contribution in [3.8, 4) is 5.75 Å². The van der Waals surface area contributed by atoms with E-state index in [9.17, 15) is 13.2 Å². The number of nitrogens with one attached hydrogen (secondary N) is 1. The van der Waals surface area contributed by atoms with Crippen LogP contribution in [0.2, 0.25) is 0 Å². The molecule has 0 saturated heterocycles. The lowest BCUT2D eigenvalue weighted by Crippen LogP contribution is -2.14. The lowest BCUT2D eigenvalue weighted by atomic mass is 10.2. The molecule has 0 spiro atoms. The van der Waals surface area contributed by atoms with Crippen molar-refractivity contribution >= 4 is 21.6 Å². The fourth-order valence-corrected chi connectivity index (χ4v) is 2.86. The van der Waals surface area contributed by atoms with Crippen molar-refractivity contribution in [2.24, 2.45) is 5.73 Å². The largest absolute Gasteiger partial charge is 0.494 e. The number of carbonyl (C=O) groups is 1. The van der Waals surface area contributed by atoms with Gasteiger partial charge in [-0.3, -0.25) is 9.52 Å². The van der Waals surface area contributed by atoms with Gasteiger partial charge in [-0.1, -0.05) is 0 Å². The molecule has 1 amide bonds. The predicted octanol–water partition coefficient (Wildman–Crippen LogP) is 1.98. The van der Waals surface area contributed by atoms with Gasteiger partial charge in [0.15, 0.2) is 0 Å². The molecular weight excluding hydrogens is 304 g/mol. The molecule has 0 bridgehead atoms. The highest BCUT2D eigenvalue weighted by atomic mass is 32.2. The normalized spacial score (nSPS) is 11.0. The van der Waals surface area contributed by atoms with Crippen LogP contribution in [0.25, 0.3) is 0 Å². The number of primary amides is 1. The molecule has 0 aliphatic rings. The Morgan fingerprint density at radius 2 is 1.68 bits per heavy atom. The Bertz CT molecular complexity index is 753. The Morgan fingerprint density at radius 1 is 1.09 bits per heavy atom. The van der Waals surface area contributed by atoms with Gasteiger partial charge in [0, 0.05) is 11.3 Å². The zero-order valence-electron chi connectivity index (χ0n) is 11.9. The summed E-state index contributed by atoms with van der Waals surface area (Å²) in [7, 11) is -3.70. The van der Waals surface area contributed by atoms with Crippen LogP contribution >= 0.6 is 0 Å². The van der Waals surface area contributed by atoms with Crippen LogP contribution in [0.5, 0.6) is 5.75 Å². The van der Waals surface area contributed by atoms with Crippen molar-refractivity contribution in [3.05, 3.63) is 54.1 Å². The highest BCUT2D eigenvalue weighted by molar-refractivity contribution is 7.92. The molecule has 3 N–H and O–H groups in total. The minimum atomic E-state index is -3.70. The maximum absolute atomic E-state index is 12.2. The van der Waals surface area contributed by atoms with Gasteiger partial charge in [-0.2, -0.15) is 0 Å². The predicted molar refractivity (Wildman–Crippen MR) is 83.4 cm³/mol. The van der Waals surface area contributed by atoms with Crippen LogP contribution in [-0.2, 0) is 10.0 Å². The second kappa shape index (κ2) is 6.48. The van der Waals surface area contributed by atoms with E-state index in [1.165, 1.54) is 36.4 Å². The number of amides is 1. The van der Waals surface area contributed by atoms with Crippen molar-refractivity contribution in [2.45, 2.75) is 11.8 Å². The second-order valence-corrected chi connectivity index (χ2v) is 6.13. The number of rotatable bonds is 6. The number of hydrogen-bond acceptors (Lipinski definition) is 4. The summed E-state index contributed by atoms with van der Waals surface area (Å²) in [5.41, 5.74) is 5.79. The molecule has 7 heteroatoms. The quantitative estimate of drug-likeness (QED) is 0.850. The molecule has 0 atom stereocenters. The van der Waals surface area contributed by atoms with E-state index in [0.717, 1.165) is 0 Å². The first-order valence-corrected chi connectivity index (χ1v) is 8.06. The van der Waals surface area contributed by atoms with Crippen LogP contribution in [0.15, 0.2) is 53.4 Å². The fraction of sp³-hybridized carbons (Fsp3) is 0.133. The summed E-state index contributed by atoms with van der Waals surface area (Å²) in [5.74, 6) is 0.0354. The molecule has 116 valence electrons. The summed E-state index contributed by atoms with van der Waals surface area (Å²) in [4.78, 5) is 11.1. The summed E-state index contributed by atoms with van der Waals surface area (Å²) in [5, 5.41) is 0. The Kier molecular flexibility index (Phi) is 4.67. The third-order valence-corrected chi connectivity index (χ3v) is 4.26. The Labute approximate surface area is 129 Å². The van der Waals surface area contributed by atoms with E-state index in [4.69, 9.17) is 10.5 Å². The number of hydrogen-bond donors (Lipinski definition) is 2. The first-order chi connectivity index (χ1) is 10.4. The van der Waals surface area contributed by atoms with Gasteiger partial charge in [-0.05, 0) is 55.5 Å². The van der Waals surface area contributed by atoms with Crippen LogP contribution in [0, 0.1) is 0 Å². The average Bonchev–Trinajstić information content (AvgIpc) is 2.48. The van der Waals surface area contributed by atoms with Gasteiger partial charge in [0.25, 0.3) is 10.0 Å². The molecule has 0 aliphatic carbocycles. The molecule has 2 rings (SSSR count). The van der Waals surface area contributed by atoms with Crippen LogP contribution < -0.4 is 15.2 Å². The maximum atomic E-state index is 12.2. The molecule has 6 nitrogen and oxygen atoms in total. The summed E-state index contributed by atoms with van der Waals surface area (Å²) < 4.78 is 32.2. The molecule has 0 fully saturated rings. The average molecular weight is 320 g/mol. The van der Waals surface area contributed by atoms with E-state index in [0.29, 0.717) is 23.6 Å². The van der Waals surface area contributed by atoms with E-state index in [2.05, 4.69) is 4.72 Å². The molecule has 0 aliphatic heterocycles. The number of carbonyl (C=O) groups excluding carboxylic acids is 1. The SMILES string of the molecule is CCOc1ccc(S(=O)(=O)Nc2ccc(C(N)=O)cc2)cc1. The molecular formula is C15H16N2O4S. The zero-order chi connectivity index (χ0) is 16.2. The van der Waals surface area contributed by atoms with Gasteiger partial charge in [0.05, 0.1) is 11.5 Å². The van der Waals surface area contributed by atoms with Crippen molar-refractivity contribution < 1.29 is 17.9 Å². The zero-order valence-corrected chi connectivity index (χ0v) is 12.8. The number of sulfonamides is 1. The van der Waals surface area contributed by atoms with E-state index in [1.807, 2.05) is 6.92 Å². The molecule has 22 heavy (non-hydrogen) atoms. The smallest absolute Gasteiger partial charge is 0.261 e. The van der Waals surface area contributed by atoms with Gasteiger partial charge in [-0.25, -0.2) is 8.42 Å². The Morgan fingerprint density at radius 3 is 2.18 bits per heavy atom. The second-order valence-electron chi connectivity index (χ2n) is 4.45. The number of nitrogens with two attached hydrogens (primary N) is 1. The molecule has 0 unspecified atom stereocenters. The van der Waals surface area contributed by atoms with E-state index < -0.39 is 15.9 Å². The fourth-order valence-electron chi connectivity index (χ4n) is 1.80. The summed E-state index contributed by atoms with van der Waals surface area (Å²) in [6.07, 6.45) is 0. The number of benzene rings is 2. The van der Waals surface area contributed by atoms with Crippen LogP contribution in [0.1, 0.15) is 17.3 Å². The number of ether oxygens (including phenoxy) is 1. The first-order valence-electron chi connectivity index (χ1n) is 6.58. The van der Waals surface area contributed by atoms with Crippen LogP contribution in [0.4, 0.5) is 5.69 Å². The standard InChI is InChI=1S/C15H16N2O4S/c1-2-21-13-7-9-14(10-8-13)22(19,20)17-12-5-3-11(4-6-12)15(16)18/h3-10,17H,2H2,1H3,(H2,16,18). The molecule has 2 aromatic carbocycles. The number of anilines is 1. The van der Waals surface area contributed by atoms with Crippen LogP contribution in [0.3, 0.4) is 0 Å². The molecule has 0 saturated carbocycles. The van der Waals surface area contributed by atoms with Gasteiger partial charge in [-0.15, -0.1) is 0 Å². The highest BCUT2D eigenvalue weighted by Crippen LogP contribution is 2.19. The van der Waals surface area contributed by atoms with Crippen molar-refractivity contribution in [3.63, 3.8) is 0 Å². The minimum absolute atomic E-state index is 0.120. The van der Waals surface area contributed by atoms with Gasteiger partial charge in [0.1, 0.15) is 5.75 Å². The van der Waals surface area contributed by atoms with Gasteiger partial charge < -0.3 is 10.5 Å². The lowest BCUT2D eigenvalue weighted by Gasteiger charge is -2.09. The topological polar surface area (TPSA) is 98.5 Å². The van der Waals surface area contributed by atoms with E-state index in [1.54, 1.807) is 12.1 Å².